The zero-order valence-electron chi connectivity index (χ0n) is 10.0. The molecule has 0 amide bonds. The van der Waals surface area contributed by atoms with E-state index >= 15 is 0 Å². The fourth-order valence-corrected chi connectivity index (χ4v) is 1.99. The van der Waals surface area contributed by atoms with E-state index in [1.807, 2.05) is 0 Å². The van der Waals surface area contributed by atoms with Gasteiger partial charge in [0.15, 0.2) is 11.6 Å². The average Bonchev–Trinajstić information content (AvgIpc) is 2.29. The molecule has 1 heterocycles. The van der Waals surface area contributed by atoms with Crippen LogP contribution in [0.25, 0.3) is 0 Å². The number of piperidine rings is 1. The molecule has 1 N–H and O–H groups in total. The topological polar surface area (TPSA) is 21.3 Å². The molecule has 0 radical (unpaired) electrons. The lowest BCUT2D eigenvalue weighted by Gasteiger charge is -2.33. The summed E-state index contributed by atoms with van der Waals surface area (Å²) < 4.78 is 18.9. The highest BCUT2D eigenvalue weighted by Gasteiger charge is 2.27. The van der Waals surface area contributed by atoms with Crippen molar-refractivity contribution in [1.29, 1.82) is 0 Å². The van der Waals surface area contributed by atoms with E-state index in [9.17, 15) is 4.39 Å². The Bertz CT molecular complexity index is 353. The van der Waals surface area contributed by atoms with Gasteiger partial charge < -0.3 is 10.1 Å². The van der Waals surface area contributed by atoms with Crippen LogP contribution in [-0.2, 0) is 0 Å². The highest BCUT2D eigenvalue weighted by Crippen LogP contribution is 2.29. The molecular weight excluding hydrogens is 241 g/mol. The Morgan fingerprint density at radius 3 is 2.59 bits per heavy atom. The summed E-state index contributed by atoms with van der Waals surface area (Å²) in [4.78, 5) is 0. The first kappa shape index (κ1) is 14.3. The Morgan fingerprint density at radius 1 is 1.29 bits per heavy atom. The van der Waals surface area contributed by atoms with Crippen molar-refractivity contribution in [3.63, 3.8) is 0 Å². The number of para-hydroxylation sites is 1. The largest absolute Gasteiger partial charge is 0.490 e. The molecule has 0 atom stereocenters. The standard InChI is InChI=1S/C13H18FNO.ClH/c1-13(6-8-15-9-7-13)10-16-12-5-3-2-4-11(12)14;/h2-5,15H,6-10H2,1H3;1H. The van der Waals surface area contributed by atoms with Crippen molar-refractivity contribution in [2.75, 3.05) is 19.7 Å². The summed E-state index contributed by atoms with van der Waals surface area (Å²) in [5.41, 5.74) is 0.174. The highest BCUT2D eigenvalue weighted by molar-refractivity contribution is 5.85. The molecule has 2 nitrogen and oxygen atoms in total. The lowest BCUT2D eigenvalue weighted by Crippen LogP contribution is -2.38. The van der Waals surface area contributed by atoms with Crippen LogP contribution in [0.2, 0.25) is 0 Å². The summed E-state index contributed by atoms with van der Waals surface area (Å²) in [7, 11) is 0. The van der Waals surface area contributed by atoms with Crippen LogP contribution in [0.15, 0.2) is 24.3 Å². The van der Waals surface area contributed by atoms with E-state index in [-0.39, 0.29) is 23.6 Å². The predicted octanol–water partition coefficient (Wildman–Crippen LogP) is 3.02. The second kappa shape index (κ2) is 6.22. The molecule has 1 aromatic carbocycles. The van der Waals surface area contributed by atoms with E-state index in [0.29, 0.717) is 12.4 Å². The second-order valence-electron chi connectivity index (χ2n) is 4.78. The van der Waals surface area contributed by atoms with E-state index in [2.05, 4.69) is 12.2 Å². The lowest BCUT2D eigenvalue weighted by molar-refractivity contribution is 0.120. The lowest BCUT2D eigenvalue weighted by atomic mass is 9.82. The SMILES string of the molecule is CC1(COc2ccccc2F)CCNCC1.Cl. The van der Waals surface area contributed by atoms with Crippen LogP contribution < -0.4 is 10.1 Å². The summed E-state index contributed by atoms with van der Waals surface area (Å²) in [5.74, 6) is 0.0855. The molecule has 1 aromatic rings. The molecule has 0 aliphatic carbocycles. The maximum Gasteiger partial charge on any atom is 0.165 e. The van der Waals surface area contributed by atoms with E-state index in [4.69, 9.17) is 4.74 Å². The molecule has 1 fully saturated rings. The van der Waals surface area contributed by atoms with Crippen molar-refractivity contribution in [1.82, 2.24) is 5.32 Å². The third-order valence-corrected chi connectivity index (χ3v) is 3.22. The molecule has 0 spiro atoms. The fraction of sp³-hybridized carbons (Fsp3) is 0.538. The van der Waals surface area contributed by atoms with Gasteiger partial charge in [-0.2, -0.15) is 0 Å². The van der Waals surface area contributed by atoms with E-state index in [1.165, 1.54) is 6.07 Å². The number of halogens is 2. The summed E-state index contributed by atoms with van der Waals surface area (Å²) >= 11 is 0. The van der Waals surface area contributed by atoms with Crippen molar-refractivity contribution in [3.8, 4) is 5.75 Å². The summed E-state index contributed by atoms with van der Waals surface area (Å²) in [6.07, 6.45) is 2.17. The van der Waals surface area contributed by atoms with Gasteiger partial charge in [0.25, 0.3) is 0 Å². The van der Waals surface area contributed by atoms with Gasteiger partial charge in [0.2, 0.25) is 0 Å². The van der Waals surface area contributed by atoms with Crippen molar-refractivity contribution >= 4 is 12.4 Å². The Morgan fingerprint density at radius 2 is 1.94 bits per heavy atom. The van der Waals surface area contributed by atoms with Gasteiger partial charge in [-0.1, -0.05) is 19.1 Å². The summed E-state index contributed by atoms with van der Waals surface area (Å²) in [6.45, 7) is 4.85. The number of nitrogens with one attached hydrogen (secondary N) is 1. The molecule has 2 rings (SSSR count). The predicted molar refractivity (Wildman–Crippen MR) is 69.4 cm³/mol. The zero-order chi connectivity index (χ0) is 11.4. The first-order valence-electron chi connectivity index (χ1n) is 5.78. The number of ether oxygens (including phenoxy) is 1. The van der Waals surface area contributed by atoms with Gasteiger partial charge in [0.05, 0.1) is 6.61 Å². The molecule has 0 unspecified atom stereocenters. The molecular formula is C13H19ClFNO. The van der Waals surface area contributed by atoms with Crippen LogP contribution in [-0.4, -0.2) is 19.7 Å². The van der Waals surface area contributed by atoms with E-state index in [1.54, 1.807) is 18.2 Å². The average molecular weight is 260 g/mol. The monoisotopic (exact) mass is 259 g/mol. The number of benzene rings is 1. The number of hydrogen-bond acceptors (Lipinski definition) is 2. The van der Waals surface area contributed by atoms with Gasteiger partial charge in [-0.3, -0.25) is 0 Å². The van der Waals surface area contributed by atoms with Crippen LogP contribution in [0, 0.1) is 11.2 Å². The minimum atomic E-state index is -0.278. The summed E-state index contributed by atoms with van der Waals surface area (Å²) in [5, 5.41) is 3.32. The van der Waals surface area contributed by atoms with Gasteiger partial charge in [0.1, 0.15) is 0 Å². The fourth-order valence-electron chi connectivity index (χ4n) is 1.99. The van der Waals surface area contributed by atoms with Crippen LogP contribution in [0.5, 0.6) is 5.75 Å². The second-order valence-corrected chi connectivity index (χ2v) is 4.78. The van der Waals surface area contributed by atoms with Crippen LogP contribution in [0.4, 0.5) is 4.39 Å². The van der Waals surface area contributed by atoms with Crippen LogP contribution in [0.3, 0.4) is 0 Å². The van der Waals surface area contributed by atoms with Gasteiger partial charge in [-0.05, 0) is 38.1 Å². The maximum absolute atomic E-state index is 13.3. The molecule has 0 bridgehead atoms. The molecule has 4 heteroatoms. The van der Waals surface area contributed by atoms with Crippen molar-refractivity contribution < 1.29 is 9.13 Å². The zero-order valence-corrected chi connectivity index (χ0v) is 10.9. The maximum atomic E-state index is 13.3. The molecule has 0 saturated carbocycles. The molecule has 0 aromatic heterocycles. The van der Waals surface area contributed by atoms with Crippen molar-refractivity contribution in [2.24, 2.45) is 5.41 Å². The number of hydrogen-bond donors (Lipinski definition) is 1. The van der Waals surface area contributed by atoms with Crippen molar-refractivity contribution in [2.45, 2.75) is 19.8 Å². The number of rotatable bonds is 3. The Balaban J connectivity index is 0.00000144. The molecule has 1 saturated heterocycles. The third kappa shape index (κ3) is 3.86. The molecule has 1 aliphatic heterocycles. The molecule has 1 aliphatic rings. The Hall–Kier alpha value is -0.800. The normalized spacial score (nSPS) is 18.2. The Kier molecular flexibility index (Phi) is 5.22. The van der Waals surface area contributed by atoms with E-state index < -0.39 is 0 Å². The first-order chi connectivity index (χ1) is 7.70. The van der Waals surface area contributed by atoms with Gasteiger partial charge in [-0.25, -0.2) is 4.39 Å². The van der Waals surface area contributed by atoms with Crippen molar-refractivity contribution in [3.05, 3.63) is 30.1 Å². The van der Waals surface area contributed by atoms with Crippen LogP contribution in [0.1, 0.15) is 19.8 Å². The quantitative estimate of drug-likeness (QED) is 0.901. The van der Waals surface area contributed by atoms with Gasteiger partial charge in [0, 0.05) is 5.41 Å². The van der Waals surface area contributed by atoms with E-state index in [0.717, 1.165) is 25.9 Å². The smallest absolute Gasteiger partial charge is 0.165 e. The molecule has 96 valence electrons. The Labute approximate surface area is 108 Å². The minimum Gasteiger partial charge on any atom is -0.490 e. The van der Waals surface area contributed by atoms with Gasteiger partial charge >= 0.3 is 0 Å². The minimum absolute atomic E-state index is 0. The van der Waals surface area contributed by atoms with Crippen LogP contribution >= 0.6 is 12.4 Å². The third-order valence-electron chi connectivity index (χ3n) is 3.22. The summed E-state index contributed by atoms with van der Waals surface area (Å²) in [6, 6.07) is 6.58. The first-order valence-corrected chi connectivity index (χ1v) is 5.78. The van der Waals surface area contributed by atoms with Gasteiger partial charge in [-0.15, -0.1) is 12.4 Å². The molecule has 17 heavy (non-hydrogen) atoms. The highest BCUT2D eigenvalue weighted by atomic mass is 35.5.